The van der Waals surface area contributed by atoms with Crippen LogP contribution in [0.3, 0.4) is 0 Å². The van der Waals surface area contributed by atoms with Gasteiger partial charge in [-0.2, -0.15) is 0 Å². The summed E-state index contributed by atoms with van der Waals surface area (Å²) in [6.07, 6.45) is 1.92. The van der Waals surface area contributed by atoms with Crippen LogP contribution in [-0.2, 0) is 17.7 Å². The Morgan fingerprint density at radius 1 is 1.03 bits per heavy atom. The molecule has 0 aliphatic carbocycles. The van der Waals surface area contributed by atoms with Gasteiger partial charge in [-0.1, -0.05) is 67.1 Å². The summed E-state index contributed by atoms with van der Waals surface area (Å²) in [6.45, 7) is 2.87. The maximum atomic E-state index is 12.1. The minimum atomic E-state index is -0.333. The molecule has 0 spiro atoms. The van der Waals surface area contributed by atoms with E-state index in [0.29, 0.717) is 17.1 Å². The molecule has 4 rings (SSSR count). The van der Waals surface area contributed by atoms with Crippen LogP contribution in [0.5, 0.6) is 0 Å². The number of imidazole rings is 1. The van der Waals surface area contributed by atoms with Crippen LogP contribution in [0.25, 0.3) is 22.2 Å². The van der Waals surface area contributed by atoms with Crippen molar-refractivity contribution in [2.45, 2.75) is 26.3 Å². The van der Waals surface area contributed by atoms with Gasteiger partial charge in [0.1, 0.15) is 11.3 Å². The van der Waals surface area contributed by atoms with Crippen LogP contribution in [0.4, 0.5) is 0 Å². The first-order chi connectivity index (χ1) is 14.6. The molecule has 4 aromatic rings. The van der Waals surface area contributed by atoms with Gasteiger partial charge in [-0.25, -0.2) is 9.78 Å². The maximum Gasteiger partial charge on any atom is 0.338 e. The highest BCUT2D eigenvalue weighted by Gasteiger charge is 2.14. The molecule has 152 valence electrons. The van der Waals surface area contributed by atoms with Crippen molar-refractivity contribution < 1.29 is 9.53 Å². The maximum absolute atomic E-state index is 12.1. The minimum absolute atomic E-state index is 0.333. The SMILES string of the molecule is CCCc1nc2c(Cl)cccc2n1Cc1ccc(-c2ccccc2C(=O)OC)cc1. The fraction of sp³-hybridized carbons (Fsp3) is 0.200. The highest BCUT2D eigenvalue weighted by Crippen LogP contribution is 2.27. The molecule has 1 aromatic heterocycles. The van der Waals surface area contributed by atoms with Gasteiger partial charge in [0.25, 0.3) is 0 Å². The van der Waals surface area contributed by atoms with Crippen molar-refractivity contribution in [3.63, 3.8) is 0 Å². The fourth-order valence-electron chi connectivity index (χ4n) is 3.75. The molecule has 30 heavy (non-hydrogen) atoms. The van der Waals surface area contributed by atoms with Gasteiger partial charge in [-0.05, 0) is 41.3 Å². The van der Waals surface area contributed by atoms with E-state index in [9.17, 15) is 4.79 Å². The van der Waals surface area contributed by atoms with Gasteiger partial charge >= 0.3 is 5.97 Å². The van der Waals surface area contributed by atoms with Gasteiger partial charge in [0, 0.05) is 13.0 Å². The lowest BCUT2D eigenvalue weighted by molar-refractivity contribution is 0.0601. The predicted octanol–water partition coefficient (Wildman–Crippen LogP) is 6.14. The molecule has 3 aromatic carbocycles. The molecule has 0 atom stereocenters. The van der Waals surface area contributed by atoms with E-state index in [1.54, 1.807) is 6.07 Å². The zero-order valence-electron chi connectivity index (χ0n) is 17.1. The van der Waals surface area contributed by atoms with Crippen LogP contribution >= 0.6 is 11.6 Å². The Labute approximate surface area is 181 Å². The van der Waals surface area contributed by atoms with Crippen LogP contribution < -0.4 is 0 Å². The second kappa shape index (κ2) is 8.72. The summed E-state index contributed by atoms with van der Waals surface area (Å²) < 4.78 is 7.16. The Morgan fingerprint density at radius 3 is 2.53 bits per heavy atom. The second-order valence-corrected chi connectivity index (χ2v) is 7.61. The number of benzene rings is 3. The molecule has 0 bridgehead atoms. The Bertz CT molecular complexity index is 1200. The number of halogens is 1. The Balaban J connectivity index is 1.68. The number of para-hydroxylation sites is 1. The highest BCUT2D eigenvalue weighted by atomic mass is 35.5. The lowest BCUT2D eigenvalue weighted by Crippen LogP contribution is -2.05. The summed E-state index contributed by atoms with van der Waals surface area (Å²) in [7, 11) is 1.40. The number of fused-ring (bicyclic) bond motifs is 1. The van der Waals surface area contributed by atoms with E-state index in [0.717, 1.165) is 46.4 Å². The van der Waals surface area contributed by atoms with Crippen molar-refractivity contribution in [3.8, 4) is 11.1 Å². The average Bonchev–Trinajstić information content (AvgIpc) is 3.12. The molecular weight excluding hydrogens is 396 g/mol. The Hall–Kier alpha value is -3.11. The molecular formula is C25H23ClN2O2. The third-order valence-electron chi connectivity index (χ3n) is 5.22. The van der Waals surface area contributed by atoms with Crippen molar-refractivity contribution >= 4 is 28.6 Å². The van der Waals surface area contributed by atoms with Gasteiger partial charge in [0.15, 0.2) is 0 Å². The third kappa shape index (κ3) is 3.83. The van der Waals surface area contributed by atoms with E-state index in [1.165, 1.54) is 7.11 Å². The number of carbonyl (C=O) groups is 1. The molecule has 0 N–H and O–H groups in total. The standard InChI is InChI=1S/C25H23ClN2O2/c1-3-7-23-27-24-21(26)10-6-11-22(24)28(23)16-17-12-14-18(15-13-17)19-8-4-5-9-20(19)25(29)30-2/h4-6,8-15H,3,7,16H2,1-2H3. The molecule has 0 unspecified atom stereocenters. The van der Waals surface area contributed by atoms with Gasteiger partial charge in [0.2, 0.25) is 0 Å². The number of hydrogen-bond donors (Lipinski definition) is 0. The molecule has 0 radical (unpaired) electrons. The van der Waals surface area contributed by atoms with Crippen molar-refractivity contribution in [3.05, 3.63) is 88.7 Å². The molecule has 1 heterocycles. The topological polar surface area (TPSA) is 44.1 Å². The molecule has 0 saturated carbocycles. The molecule has 0 fully saturated rings. The summed E-state index contributed by atoms with van der Waals surface area (Å²) in [4.78, 5) is 16.9. The summed E-state index contributed by atoms with van der Waals surface area (Å²) in [6, 6.07) is 21.7. The van der Waals surface area contributed by atoms with Crippen LogP contribution in [0.2, 0.25) is 5.02 Å². The predicted molar refractivity (Wildman–Crippen MR) is 121 cm³/mol. The first-order valence-electron chi connectivity index (χ1n) is 10.0. The summed E-state index contributed by atoms with van der Waals surface area (Å²) in [5.74, 6) is 0.710. The average molecular weight is 419 g/mol. The number of aromatic nitrogens is 2. The third-order valence-corrected chi connectivity index (χ3v) is 5.53. The number of rotatable bonds is 6. The second-order valence-electron chi connectivity index (χ2n) is 7.21. The fourth-order valence-corrected chi connectivity index (χ4v) is 3.96. The smallest absolute Gasteiger partial charge is 0.338 e. The summed E-state index contributed by atoms with van der Waals surface area (Å²) in [5, 5.41) is 0.679. The molecule has 0 aliphatic rings. The molecule has 0 saturated heterocycles. The normalized spacial score (nSPS) is 11.0. The monoisotopic (exact) mass is 418 g/mol. The van der Waals surface area contributed by atoms with Crippen molar-refractivity contribution in [2.24, 2.45) is 0 Å². The number of aryl methyl sites for hydroxylation is 1. The number of esters is 1. The zero-order valence-corrected chi connectivity index (χ0v) is 17.8. The van der Waals surface area contributed by atoms with Crippen LogP contribution in [0.15, 0.2) is 66.7 Å². The first kappa shape index (κ1) is 20.2. The molecule has 0 aliphatic heterocycles. The van der Waals surface area contributed by atoms with Crippen molar-refractivity contribution in [2.75, 3.05) is 7.11 Å². The number of ether oxygens (including phenoxy) is 1. The number of carbonyl (C=O) groups excluding carboxylic acids is 1. The lowest BCUT2D eigenvalue weighted by atomic mass is 9.98. The van der Waals surface area contributed by atoms with Gasteiger partial charge in [-0.15, -0.1) is 0 Å². The van der Waals surface area contributed by atoms with E-state index >= 15 is 0 Å². The lowest BCUT2D eigenvalue weighted by Gasteiger charge is -2.11. The van der Waals surface area contributed by atoms with Crippen LogP contribution in [0, 0.1) is 0 Å². The first-order valence-corrected chi connectivity index (χ1v) is 10.4. The van der Waals surface area contributed by atoms with Crippen LogP contribution in [-0.4, -0.2) is 22.6 Å². The highest BCUT2D eigenvalue weighted by molar-refractivity contribution is 6.34. The van der Waals surface area contributed by atoms with Gasteiger partial charge in [0.05, 0.1) is 23.2 Å². The van der Waals surface area contributed by atoms with Gasteiger partial charge in [-0.3, -0.25) is 0 Å². The Morgan fingerprint density at radius 2 is 1.80 bits per heavy atom. The van der Waals surface area contributed by atoms with E-state index in [-0.39, 0.29) is 5.97 Å². The molecule has 4 nitrogen and oxygen atoms in total. The van der Waals surface area contributed by atoms with Crippen molar-refractivity contribution in [1.82, 2.24) is 9.55 Å². The molecule has 0 amide bonds. The van der Waals surface area contributed by atoms with E-state index in [4.69, 9.17) is 21.3 Å². The largest absolute Gasteiger partial charge is 0.465 e. The Kier molecular flexibility index (Phi) is 5.86. The van der Waals surface area contributed by atoms with E-state index in [2.05, 4.69) is 29.7 Å². The van der Waals surface area contributed by atoms with Crippen LogP contribution in [0.1, 0.15) is 35.1 Å². The number of nitrogens with zero attached hydrogens (tertiary/aromatic N) is 2. The summed E-state index contributed by atoms with van der Waals surface area (Å²) >= 11 is 6.37. The van der Waals surface area contributed by atoms with Gasteiger partial charge < -0.3 is 9.30 Å². The summed E-state index contributed by atoms with van der Waals surface area (Å²) in [5.41, 5.74) is 5.46. The zero-order chi connectivity index (χ0) is 21.1. The minimum Gasteiger partial charge on any atom is -0.465 e. The number of hydrogen-bond acceptors (Lipinski definition) is 3. The van der Waals surface area contributed by atoms with E-state index < -0.39 is 0 Å². The number of methoxy groups -OCH3 is 1. The quantitative estimate of drug-likeness (QED) is 0.353. The molecule has 5 heteroatoms. The van der Waals surface area contributed by atoms with E-state index in [1.807, 2.05) is 42.5 Å². The van der Waals surface area contributed by atoms with Crippen molar-refractivity contribution in [1.29, 1.82) is 0 Å².